The zero-order valence-electron chi connectivity index (χ0n) is 13.7. The summed E-state index contributed by atoms with van der Waals surface area (Å²) in [6.07, 6.45) is 1.45. The van der Waals surface area contributed by atoms with Crippen LogP contribution in [0.2, 0.25) is 0 Å². The van der Waals surface area contributed by atoms with Gasteiger partial charge in [-0.05, 0) is 31.5 Å². The summed E-state index contributed by atoms with van der Waals surface area (Å²) in [5.74, 6) is 0.807. The van der Waals surface area contributed by atoms with Crippen LogP contribution in [0.3, 0.4) is 0 Å². The summed E-state index contributed by atoms with van der Waals surface area (Å²) in [5, 5.41) is 0.846. The summed E-state index contributed by atoms with van der Waals surface area (Å²) < 4.78 is 16.0. The zero-order chi connectivity index (χ0) is 17.3. The predicted octanol–water partition coefficient (Wildman–Crippen LogP) is 3.90. The van der Waals surface area contributed by atoms with E-state index in [1.165, 1.54) is 13.4 Å². The highest BCUT2D eigenvalue weighted by Crippen LogP contribution is 2.37. The van der Waals surface area contributed by atoms with Gasteiger partial charge in [0.25, 0.3) is 0 Å². The molecule has 1 aromatic carbocycles. The van der Waals surface area contributed by atoms with Gasteiger partial charge >= 0.3 is 5.97 Å². The van der Waals surface area contributed by atoms with Crippen molar-refractivity contribution in [2.24, 2.45) is 0 Å². The fourth-order valence-corrected chi connectivity index (χ4v) is 3.31. The number of hydrogen-bond donors (Lipinski definition) is 0. The molecule has 0 saturated heterocycles. The maximum atomic E-state index is 12.0. The Labute approximate surface area is 143 Å². The first-order valence-electron chi connectivity index (χ1n) is 7.20. The number of ether oxygens (including phenoxy) is 3. The van der Waals surface area contributed by atoms with Crippen LogP contribution in [0.1, 0.15) is 20.8 Å². The van der Waals surface area contributed by atoms with Crippen LogP contribution in [0.4, 0.5) is 0 Å². The Balaban J connectivity index is 2.13. The maximum Gasteiger partial charge on any atom is 0.341 e. The lowest BCUT2D eigenvalue weighted by molar-refractivity contribution is 0.0598. The number of thiophene rings is 1. The minimum Gasteiger partial charge on any atom is -0.497 e. The summed E-state index contributed by atoms with van der Waals surface area (Å²) in [6.45, 7) is 4.02. The molecule has 6 nitrogen and oxygen atoms in total. The van der Waals surface area contributed by atoms with Gasteiger partial charge in [0.1, 0.15) is 28.2 Å². The van der Waals surface area contributed by atoms with Crippen LogP contribution in [0.15, 0.2) is 24.5 Å². The standard InChI is InChI=1S/C17H16N2O4S/c1-9-10(2)24-16-14(9)15(18-8-19-16)23-13-7-11(21-3)5-6-12(13)17(20)22-4/h5-8H,1-4H3. The summed E-state index contributed by atoms with van der Waals surface area (Å²) >= 11 is 1.58. The smallest absolute Gasteiger partial charge is 0.341 e. The van der Waals surface area contributed by atoms with Crippen LogP contribution in [0.5, 0.6) is 17.4 Å². The monoisotopic (exact) mass is 344 g/mol. The molecule has 2 heterocycles. The summed E-state index contributed by atoms with van der Waals surface area (Å²) in [5.41, 5.74) is 1.36. The van der Waals surface area contributed by atoms with Crippen molar-refractivity contribution in [3.63, 3.8) is 0 Å². The van der Waals surface area contributed by atoms with Gasteiger partial charge in [0.15, 0.2) is 0 Å². The minimum absolute atomic E-state index is 0.301. The lowest BCUT2D eigenvalue weighted by Gasteiger charge is -2.11. The molecular formula is C17H16N2O4S. The first-order valence-corrected chi connectivity index (χ1v) is 8.01. The van der Waals surface area contributed by atoms with Crippen molar-refractivity contribution < 1.29 is 19.0 Å². The summed E-state index contributed by atoms with van der Waals surface area (Å²) in [7, 11) is 2.87. The van der Waals surface area contributed by atoms with Gasteiger partial charge < -0.3 is 14.2 Å². The third kappa shape index (κ3) is 2.78. The molecule has 7 heteroatoms. The van der Waals surface area contributed by atoms with E-state index in [1.54, 1.807) is 36.6 Å². The molecule has 124 valence electrons. The largest absolute Gasteiger partial charge is 0.497 e. The molecule has 0 aliphatic heterocycles. The Bertz CT molecular complexity index is 920. The number of hydrogen-bond acceptors (Lipinski definition) is 7. The second-order valence-corrected chi connectivity index (χ2v) is 6.30. The van der Waals surface area contributed by atoms with Crippen LogP contribution in [0, 0.1) is 13.8 Å². The number of carbonyl (C=O) groups is 1. The number of nitrogens with zero attached hydrogens (tertiary/aromatic N) is 2. The Hall–Kier alpha value is -2.67. The molecule has 0 amide bonds. The van der Waals surface area contributed by atoms with Crippen LogP contribution >= 0.6 is 11.3 Å². The number of aromatic nitrogens is 2. The fourth-order valence-electron chi connectivity index (χ4n) is 2.32. The first kappa shape index (κ1) is 16.2. The van der Waals surface area contributed by atoms with E-state index in [1.807, 2.05) is 13.8 Å². The van der Waals surface area contributed by atoms with Crippen LogP contribution in [-0.4, -0.2) is 30.2 Å². The lowest BCUT2D eigenvalue weighted by Crippen LogP contribution is -2.04. The van der Waals surface area contributed by atoms with E-state index in [2.05, 4.69) is 9.97 Å². The highest BCUT2D eigenvalue weighted by atomic mass is 32.1. The number of rotatable bonds is 4. The normalized spacial score (nSPS) is 10.7. The molecule has 0 spiro atoms. The zero-order valence-corrected chi connectivity index (χ0v) is 14.6. The van der Waals surface area contributed by atoms with Gasteiger partial charge in [-0.2, -0.15) is 0 Å². The topological polar surface area (TPSA) is 70.5 Å². The molecular weight excluding hydrogens is 328 g/mol. The Morgan fingerprint density at radius 2 is 1.96 bits per heavy atom. The average molecular weight is 344 g/mol. The van der Waals surface area contributed by atoms with E-state index in [0.717, 1.165) is 20.7 Å². The molecule has 0 radical (unpaired) electrons. The van der Waals surface area contributed by atoms with Gasteiger partial charge in [-0.1, -0.05) is 0 Å². The average Bonchev–Trinajstić information content (AvgIpc) is 2.89. The van der Waals surface area contributed by atoms with E-state index < -0.39 is 5.97 Å². The Morgan fingerprint density at radius 3 is 2.67 bits per heavy atom. The van der Waals surface area contributed by atoms with E-state index in [9.17, 15) is 4.79 Å². The number of methoxy groups -OCH3 is 2. The maximum absolute atomic E-state index is 12.0. The Morgan fingerprint density at radius 1 is 1.17 bits per heavy atom. The van der Waals surface area contributed by atoms with Gasteiger partial charge in [-0.15, -0.1) is 11.3 Å². The third-order valence-electron chi connectivity index (χ3n) is 3.73. The van der Waals surface area contributed by atoms with Crippen molar-refractivity contribution in [3.8, 4) is 17.4 Å². The predicted molar refractivity (Wildman–Crippen MR) is 91.3 cm³/mol. The Kier molecular flexibility index (Phi) is 4.35. The van der Waals surface area contributed by atoms with Crippen LogP contribution in [0.25, 0.3) is 10.2 Å². The number of fused-ring (bicyclic) bond motifs is 1. The van der Waals surface area contributed by atoms with Gasteiger partial charge in [-0.25, -0.2) is 14.8 Å². The third-order valence-corrected chi connectivity index (χ3v) is 4.85. The molecule has 2 aromatic heterocycles. The molecule has 3 aromatic rings. The van der Waals surface area contributed by atoms with Gasteiger partial charge in [0.05, 0.1) is 19.6 Å². The first-order chi connectivity index (χ1) is 11.5. The fraction of sp³-hybridized carbons (Fsp3) is 0.235. The molecule has 0 aliphatic rings. The molecule has 0 aliphatic carbocycles. The highest BCUT2D eigenvalue weighted by molar-refractivity contribution is 7.18. The quantitative estimate of drug-likeness (QED) is 0.669. The van der Waals surface area contributed by atoms with Crippen LogP contribution < -0.4 is 9.47 Å². The van der Waals surface area contributed by atoms with E-state index in [0.29, 0.717) is 22.9 Å². The molecule has 0 N–H and O–H groups in total. The van der Waals surface area contributed by atoms with Crippen LogP contribution in [-0.2, 0) is 4.74 Å². The molecule has 0 saturated carbocycles. The van der Waals surface area contributed by atoms with Gasteiger partial charge in [0, 0.05) is 10.9 Å². The molecule has 0 unspecified atom stereocenters. The molecule has 3 rings (SSSR count). The molecule has 0 bridgehead atoms. The van der Waals surface area contributed by atoms with Crippen molar-refractivity contribution in [1.29, 1.82) is 0 Å². The number of benzene rings is 1. The molecule has 24 heavy (non-hydrogen) atoms. The van der Waals surface area contributed by atoms with Crippen molar-refractivity contribution in [1.82, 2.24) is 9.97 Å². The summed E-state index contributed by atoms with van der Waals surface area (Å²) in [4.78, 5) is 22.5. The second kappa shape index (κ2) is 6.45. The minimum atomic E-state index is -0.490. The van der Waals surface area contributed by atoms with Crippen molar-refractivity contribution in [2.45, 2.75) is 13.8 Å². The SMILES string of the molecule is COC(=O)c1ccc(OC)cc1Oc1ncnc2sc(C)c(C)c12. The highest BCUT2D eigenvalue weighted by Gasteiger charge is 2.19. The van der Waals surface area contributed by atoms with E-state index >= 15 is 0 Å². The van der Waals surface area contributed by atoms with Crippen molar-refractivity contribution in [2.75, 3.05) is 14.2 Å². The molecule has 0 atom stereocenters. The van der Waals surface area contributed by atoms with Crippen molar-refractivity contribution in [3.05, 3.63) is 40.5 Å². The number of aryl methyl sites for hydroxylation is 2. The number of esters is 1. The van der Waals surface area contributed by atoms with E-state index in [4.69, 9.17) is 14.2 Å². The second-order valence-electron chi connectivity index (χ2n) is 5.10. The van der Waals surface area contributed by atoms with Gasteiger partial charge in [0.2, 0.25) is 5.88 Å². The number of carbonyl (C=O) groups excluding carboxylic acids is 1. The van der Waals surface area contributed by atoms with Gasteiger partial charge in [-0.3, -0.25) is 0 Å². The lowest BCUT2D eigenvalue weighted by atomic mass is 10.2. The molecule has 0 fully saturated rings. The van der Waals surface area contributed by atoms with Crippen molar-refractivity contribution >= 4 is 27.5 Å². The van der Waals surface area contributed by atoms with E-state index in [-0.39, 0.29) is 0 Å². The summed E-state index contributed by atoms with van der Waals surface area (Å²) in [6, 6.07) is 4.91.